The largest absolute Gasteiger partial charge is 0.481 e. The first-order valence-electron chi connectivity index (χ1n) is 8.78. The SMILES string of the molecule is CCCCCCCc1ncc(-c2ccc3cc(OC)ncc3c2)[nH]1. The van der Waals surface area contributed by atoms with Gasteiger partial charge >= 0.3 is 0 Å². The van der Waals surface area contributed by atoms with Crippen molar-refractivity contribution in [2.45, 2.75) is 45.4 Å². The van der Waals surface area contributed by atoms with E-state index < -0.39 is 0 Å². The summed E-state index contributed by atoms with van der Waals surface area (Å²) in [7, 11) is 1.64. The summed E-state index contributed by atoms with van der Waals surface area (Å²) in [6.45, 7) is 2.24. The number of aryl methyl sites for hydroxylation is 1. The minimum atomic E-state index is 0.641. The normalized spacial score (nSPS) is 11.1. The number of hydrogen-bond donors (Lipinski definition) is 1. The van der Waals surface area contributed by atoms with Crippen LogP contribution in [-0.4, -0.2) is 22.1 Å². The van der Waals surface area contributed by atoms with E-state index in [0.29, 0.717) is 5.88 Å². The molecule has 0 aliphatic rings. The third-order valence-electron chi connectivity index (χ3n) is 4.36. The quantitative estimate of drug-likeness (QED) is 0.583. The second-order valence-electron chi connectivity index (χ2n) is 6.20. The maximum absolute atomic E-state index is 5.18. The van der Waals surface area contributed by atoms with Crippen molar-refractivity contribution >= 4 is 10.8 Å². The van der Waals surface area contributed by atoms with Crippen LogP contribution in [0.15, 0.2) is 36.7 Å². The highest BCUT2D eigenvalue weighted by Gasteiger charge is 2.05. The lowest BCUT2D eigenvalue weighted by molar-refractivity contribution is 0.399. The maximum atomic E-state index is 5.18. The van der Waals surface area contributed by atoms with Gasteiger partial charge in [0.2, 0.25) is 5.88 Å². The van der Waals surface area contributed by atoms with E-state index >= 15 is 0 Å². The topological polar surface area (TPSA) is 50.8 Å². The molecule has 1 N–H and O–H groups in total. The maximum Gasteiger partial charge on any atom is 0.213 e. The first kappa shape index (κ1) is 16.5. The van der Waals surface area contributed by atoms with Gasteiger partial charge in [0, 0.05) is 29.6 Å². The van der Waals surface area contributed by atoms with Crippen molar-refractivity contribution in [3.8, 4) is 17.1 Å². The number of aromatic nitrogens is 3. The number of unbranched alkanes of at least 4 members (excludes halogenated alkanes) is 4. The summed E-state index contributed by atoms with van der Waals surface area (Å²) < 4.78 is 5.18. The molecule has 0 amide bonds. The minimum absolute atomic E-state index is 0.641. The predicted molar refractivity (Wildman–Crippen MR) is 98.3 cm³/mol. The highest BCUT2D eigenvalue weighted by atomic mass is 16.5. The van der Waals surface area contributed by atoms with Gasteiger partial charge in [0.05, 0.1) is 19.0 Å². The van der Waals surface area contributed by atoms with Crippen LogP contribution in [0.1, 0.15) is 44.9 Å². The van der Waals surface area contributed by atoms with Crippen molar-refractivity contribution in [2.24, 2.45) is 0 Å². The summed E-state index contributed by atoms with van der Waals surface area (Å²) in [5.41, 5.74) is 2.20. The van der Waals surface area contributed by atoms with E-state index in [9.17, 15) is 0 Å². The van der Waals surface area contributed by atoms with Crippen LogP contribution in [0.3, 0.4) is 0 Å². The third kappa shape index (κ3) is 3.94. The lowest BCUT2D eigenvalue weighted by atomic mass is 10.1. The fraction of sp³-hybridized carbons (Fsp3) is 0.400. The number of methoxy groups -OCH3 is 1. The Labute approximate surface area is 143 Å². The van der Waals surface area contributed by atoms with Crippen LogP contribution in [0.2, 0.25) is 0 Å². The summed E-state index contributed by atoms with van der Waals surface area (Å²) in [5.74, 6) is 1.72. The number of imidazole rings is 1. The Morgan fingerprint density at radius 2 is 1.83 bits per heavy atom. The number of rotatable bonds is 8. The number of nitrogens with one attached hydrogen (secondary N) is 1. The Bertz CT molecular complexity index is 794. The molecule has 24 heavy (non-hydrogen) atoms. The number of nitrogens with zero attached hydrogens (tertiary/aromatic N) is 2. The number of hydrogen-bond acceptors (Lipinski definition) is 3. The number of H-pyrrole nitrogens is 1. The fourth-order valence-corrected chi connectivity index (χ4v) is 2.93. The van der Waals surface area contributed by atoms with E-state index in [-0.39, 0.29) is 0 Å². The van der Waals surface area contributed by atoms with Crippen molar-refractivity contribution in [1.82, 2.24) is 15.0 Å². The second kappa shape index (κ2) is 7.95. The Morgan fingerprint density at radius 3 is 2.67 bits per heavy atom. The fourth-order valence-electron chi connectivity index (χ4n) is 2.93. The molecule has 0 radical (unpaired) electrons. The molecule has 0 saturated heterocycles. The Morgan fingerprint density at radius 1 is 0.958 bits per heavy atom. The molecule has 3 aromatic rings. The summed E-state index contributed by atoms with van der Waals surface area (Å²) in [5, 5.41) is 2.23. The summed E-state index contributed by atoms with van der Waals surface area (Å²) >= 11 is 0. The lowest BCUT2D eigenvalue weighted by Gasteiger charge is -2.04. The Kier molecular flexibility index (Phi) is 5.47. The minimum Gasteiger partial charge on any atom is -0.481 e. The van der Waals surface area contributed by atoms with Crippen molar-refractivity contribution in [3.05, 3.63) is 42.5 Å². The third-order valence-corrected chi connectivity index (χ3v) is 4.36. The van der Waals surface area contributed by atoms with Crippen LogP contribution in [0.4, 0.5) is 0 Å². The molecule has 4 heteroatoms. The van der Waals surface area contributed by atoms with Gasteiger partial charge in [-0.1, -0.05) is 44.7 Å². The van der Waals surface area contributed by atoms with E-state index in [1.807, 2.05) is 18.5 Å². The molecule has 126 valence electrons. The van der Waals surface area contributed by atoms with Crippen LogP contribution < -0.4 is 4.74 Å². The average molecular weight is 323 g/mol. The second-order valence-corrected chi connectivity index (χ2v) is 6.20. The molecule has 0 fully saturated rings. The van der Waals surface area contributed by atoms with E-state index in [2.05, 4.69) is 40.1 Å². The molecule has 0 unspecified atom stereocenters. The van der Waals surface area contributed by atoms with Crippen LogP contribution in [-0.2, 0) is 6.42 Å². The number of fused-ring (bicyclic) bond motifs is 1. The van der Waals surface area contributed by atoms with E-state index in [1.54, 1.807) is 7.11 Å². The first-order chi connectivity index (χ1) is 11.8. The summed E-state index contributed by atoms with van der Waals surface area (Å²) in [4.78, 5) is 12.3. The molecule has 2 aromatic heterocycles. The molecule has 0 saturated carbocycles. The molecular formula is C20H25N3O. The zero-order valence-corrected chi connectivity index (χ0v) is 14.5. The van der Waals surface area contributed by atoms with Crippen molar-refractivity contribution in [3.63, 3.8) is 0 Å². The van der Waals surface area contributed by atoms with Gasteiger partial charge in [-0.15, -0.1) is 0 Å². The van der Waals surface area contributed by atoms with Gasteiger partial charge in [0.25, 0.3) is 0 Å². The molecule has 4 nitrogen and oxygen atoms in total. The molecule has 0 bridgehead atoms. The first-order valence-corrected chi connectivity index (χ1v) is 8.78. The van der Waals surface area contributed by atoms with E-state index in [1.165, 1.54) is 32.1 Å². The van der Waals surface area contributed by atoms with E-state index in [4.69, 9.17) is 4.74 Å². The highest BCUT2D eigenvalue weighted by molar-refractivity contribution is 5.86. The summed E-state index contributed by atoms with van der Waals surface area (Å²) in [6.07, 6.45) is 11.2. The number of pyridine rings is 1. The average Bonchev–Trinajstić information content (AvgIpc) is 3.09. The molecule has 2 heterocycles. The van der Waals surface area contributed by atoms with Gasteiger partial charge in [0.15, 0.2) is 0 Å². The predicted octanol–water partition coefficient (Wildman–Crippen LogP) is 5.15. The molecule has 0 aliphatic carbocycles. The molecule has 0 aliphatic heterocycles. The molecular weight excluding hydrogens is 298 g/mol. The zero-order chi connectivity index (χ0) is 16.8. The van der Waals surface area contributed by atoms with Gasteiger partial charge in [0.1, 0.15) is 5.82 Å². The molecule has 0 spiro atoms. The van der Waals surface area contributed by atoms with Gasteiger partial charge < -0.3 is 9.72 Å². The summed E-state index contributed by atoms with van der Waals surface area (Å²) in [6, 6.07) is 8.30. The molecule has 3 rings (SSSR count). The van der Waals surface area contributed by atoms with Crippen molar-refractivity contribution in [1.29, 1.82) is 0 Å². The van der Waals surface area contributed by atoms with Crippen molar-refractivity contribution in [2.75, 3.05) is 7.11 Å². The van der Waals surface area contributed by atoms with Crippen LogP contribution in [0.25, 0.3) is 22.0 Å². The van der Waals surface area contributed by atoms with E-state index in [0.717, 1.165) is 34.3 Å². The van der Waals surface area contributed by atoms with Crippen LogP contribution in [0.5, 0.6) is 5.88 Å². The number of benzene rings is 1. The van der Waals surface area contributed by atoms with Crippen LogP contribution >= 0.6 is 0 Å². The Hall–Kier alpha value is -2.36. The zero-order valence-electron chi connectivity index (χ0n) is 14.5. The van der Waals surface area contributed by atoms with Gasteiger partial charge in [-0.2, -0.15) is 0 Å². The number of aromatic amines is 1. The molecule has 1 aromatic carbocycles. The van der Waals surface area contributed by atoms with Gasteiger partial charge in [-0.05, 0) is 17.9 Å². The smallest absolute Gasteiger partial charge is 0.213 e. The number of ether oxygens (including phenoxy) is 1. The lowest BCUT2D eigenvalue weighted by Crippen LogP contribution is -1.89. The molecule has 0 atom stereocenters. The van der Waals surface area contributed by atoms with Gasteiger partial charge in [-0.25, -0.2) is 9.97 Å². The van der Waals surface area contributed by atoms with Gasteiger partial charge in [-0.3, -0.25) is 0 Å². The standard InChI is InChI=1S/C20H25N3O/c1-3-4-5-6-7-8-19-21-14-18(23-19)16-10-9-15-12-20(24-2)22-13-17(15)11-16/h9-14H,3-8H2,1-2H3,(H,21,23). The van der Waals surface area contributed by atoms with Crippen molar-refractivity contribution < 1.29 is 4.74 Å². The Balaban J connectivity index is 1.69. The van der Waals surface area contributed by atoms with Crippen LogP contribution in [0, 0.1) is 0 Å². The monoisotopic (exact) mass is 323 g/mol. The highest BCUT2D eigenvalue weighted by Crippen LogP contribution is 2.25.